The van der Waals surface area contributed by atoms with E-state index in [1.165, 1.54) is 38.4 Å². The molecule has 1 heterocycles. The first kappa shape index (κ1) is 17.9. The molecule has 0 bridgehead atoms. The number of aliphatic carboxylic acids is 1. The summed E-state index contributed by atoms with van der Waals surface area (Å²) >= 11 is 0. The van der Waals surface area contributed by atoms with Crippen LogP contribution in [0, 0.1) is 11.3 Å². The van der Waals surface area contributed by atoms with Gasteiger partial charge in [-0.25, -0.2) is 12.7 Å². The average molecular weight is 366 g/mol. The Morgan fingerprint density at radius 1 is 1.16 bits per heavy atom. The van der Waals surface area contributed by atoms with Gasteiger partial charge in [0, 0.05) is 32.7 Å². The average Bonchev–Trinajstić information content (AvgIpc) is 3.29. The predicted molar refractivity (Wildman–Crippen MR) is 90.6 cm³/mol. The highest BCUT2D eigenvalue weighted by Crippen LogP contribution is 2.59. The van der Waals surface area contributed by atoms with E-state index in [2.05, 4.69) is 0 Å². The van der Waals surface area contributed by atoms with Crippen LogP contribution >= 0.6 is 0 Å². The number of carboxylic acid groups (broad SMARTS) is 1. The fourth-order valence-corrected chi connectivity index (χ4v) is 4.47. The number of rotatable bonds is 4. The molecule has 1 aromatic carbocycles. The molecule has 136 valence electrons. The van der Waals surface area contributed by atoms with Crippen LogP contribution < -0.4 is 0 Å². The van der Waals surface area contributed by atoms with Gasteiger partial charge in [0.15, 0.2) is 0 Å². The van der Waals surface area contributed by atoms with Crippen LogP contribution in [0.4, 0.5) is 0 Å². The largest absolute Gasteiger partial charge is 0.481 e. The van der Waals surface area contributed by atoms with Crippen LogP contribution in [0.2, 0.25) is 0 Å². The molecule has 1 atom stereocenters. The summed E-state index contributed by atoms with van der Waals surface area (Å²) in [4.78, 5) is 25.6. The number of nitrogens with zero attached hydrogens (tertiary/aromatic N) is 2. The van der Waals surface area contributed by atoms with E-state index in [4.69, 9.17) is 5.11 Å². The lowest BCUT2D eigenvalue weighted by Gasteiger charge is -2.32. The van der Waals surface area contributed by atoms with Gasteiger partial charge in [-0.3, -0.25) is 9.59 Å². The molecule has 2 aliphatic rings. The van der Waals surface area contributed by atoms with Gasteiger partial charge in [-0.15, -0.1) is 0 Å². The second kappa shape index (κ2) is 6.10. The third kappa shape index (κ3) is 3.16. The molecule has 7 nitrogen and oxygen atoms in total. The van der Waals surface area contributed by atoms with Gasteiger partial charge < -0.3 is 10.0 Å². The molecule has 1 spiro atoms. The lowest BCUT2D eigenvalue weighted by atomic mass is 9.90. The van der Waals surface area contributed by atoms with Crippen LogP contribution in [0.1, 0.15) is 29.6 Å². The SMILES string of the molecule is CN(C)S(=O)(=O)c1ccc(C(=O)N2CCC3(CC2)CC3C(=O)O)cc1. The maximum atomic E-state index is 12.6. The summed E-state index contributed by atoms with van der Waals surface area (Å²) in [5.74, 6) is -1.14. The summed E-state index contributed by atoms with van der Waals surface area (Å²) in [6.07, 6.45) is 2.13. The zero-order valence-electron chi connectivity index (χ0n) is 14.3. The molecular formula is C17H22N2O5S. The maximum Gasteiger partial charge on any atom is 0.307 e. The highest BCUT2D eigenvalue weighted by atomic mass is 32.2. The van der Waals surface area contributed by atoms with Gasteiger partial charge in [0.2, 0.25) is 10.0 Å². The van der Waals surface area contributed by atoms with E-state index in [-0.39, 0.29) is 22.1 Å². The summed E-state index contributed by atoms with van der Waals surface area (Å²) in [5.41, 5.74) is 0.325. The number of piperidine rings is 1. The number of carbonyl (C=O) groups excluding carboxylic acids is 1. The number of amides is 1. The Kier molecular flexibility index (Phi) is 4.36. The second-order valence-electron chi connectivity index (χ2n) is 7.06. The fraction of sp³-hybridized carbons (Fsp3) is 0.529. The van der Waals surface area contributed by atoms with Crippen molar-refractivity contribution in [3.63, 3.8) is 0 Å². The second-order valence-corrected chi connectivity index (χ2v) is 9.21. The molecule has 1 N–H and O–H groups in total. The smallest absolute Gasteiger partial charge is 0.307 e. The molecule has 1 unspecified atom stereocenters. The van der Waals surface area contributed by atoms with E-state index in [1.54, 1.807) is 4.90 Å². The number of carboxylic acids is 1. The standard InChI is InChI=1S/C17H22N2O5S/c1-18(2)25(23,24)13-5-3-12(4-6-13)15(20)19-9-7-17(8-10-19)11-14(17)16(21)22/h3-6,14H,7-11H2,1-2H3,(H,21,22). The molecule has 1 aliphatic heterocycles. The van der Waals surface area contributed by atoms with Crippen molar-refractivity contribution < 1.29 is 23.1 Å². The van der Waals surface area contributed by atoms with E-state index in [9.17, 15) is 18.0 Å². The van der Waals surface area contributed by atoms with E-state index in [1.807, 2.05) is 0 Å². The quantitative estimate of drug-likeness (QED) is 0.866. The molecule has 0 radical (unpaired) electrons. The van der Waals surface area contributed by atoms with Crippen molar-refractivity contribution in [2.75, 3.05) is 27.2 Å². The van der Waals surface area contributed by atoms with E-state index in [0.717, 1.165) is 4.31 Å². The van der Waals surface area contributed by atoms with Crippen LogP contribution in [0.3, 0.4) is 0 Å². The van der Waals surface area contributed by atoms with Crippen LogP contribution in [-0.4, -0.2) is 61.8 Å². The topological polar surface area (TPSA) is 95.0 Å². The molecule has 25 heavy (non-hydrogen) atoms. The minimum absolute atomic E-state index is 0.119. The minimum Gasteiger partial charge on any atom is -0.481 e. The first-order valence-electron chi connectivity index (χ1n) is 8.22. The zero-order chi connectivity index (χ0) is 18.4. The van der Waals surface area contributed by atoms with Crippen LogP contribution in [0.25, 0.3) is 0 Å². The van der Waals surface area contributed by atoms with Crippen molar-refractivity contribution in [2.45, 2.75) is 24.2 Å². The molecule has 1 aromatic rings. The van der Waals surface area contributed by atoms with Crippen LogP contribution in [0.15, 0.2) is 29.2 Å². The highest BCUT2D eigenvalue weighted by Gasteiger charge is 2.59. The van der Waals surface area contributed by atoms with Gasteiger partial charge in [0.1, 0.15) is 0 Å². The van der Waals surface area contributed by atoms with E-state index < -0.39 is 16.0 Å². The number of likely N-dealkylation sites (tertiary alicyclic amines) is 1. The van der Waals surface area contributed by atoms with Gasteiger partial charge in [-0.2, -0.15) is 0 Å². The summed E-state index contributed by atoms with van der Waals surface area (Å²) in [6.45, 7) is 1.08. The van der Waals surface area contributed by atoms with Gasteiger partial charge in [-0.1, -0.05) is 0 Å². The molecule has 1 amide bonds. The highest BCUT2D eigenvalue weighted by molar-refractivity contribution is 7.89. The molecule has 1 saturated heterocycles. The third-order valence-corrected chi connectivity index (χ3v) is 7.24. The third-order valence-electron chi connectivity index (χ3n) is 5.41. The summed E-state index contributed by atoms with van der Waals surface area (Å²) in [5, 5.41) is 9.12. The van der Waals surface area contributed by atoms with Crippen molar-refractivity contribution in [3.8, 4) is 0 Å². The van der Waals surface area contributed by atoms with Crippen molar-refractivity contribution in [3.05, 3.63) is 29.8 Å². The van der Waals surface area contributed by atoms with Crippen molar-refractivity contribution in [2.24, 2.45) is 11.3 Å². The normalized spacial score (nSPS) is 22.2. The Labute approximate surface area is 147 Å². The first-order chi connectivity index (χ1) is 11.7. The lowest BCUT2D eigenvalue weighted by Crippen LogP contribution is -2.40. The Balaban J connectivity index is 1.66. The molecule has 3 rings (SSSR count). The molecule has 1 saturated carbocycles. The number of hydrogen-bond acceptors (Lipinski definition) is 4. The van der Waals surface area contributed by atoms with Crippen molar-refractivity contribution >= 4 is 21.9 Å². The minimum atomic E-state index is -3.51. The lowest BCUT2D eigenvalue weighted by molar-refractivity contribution is -0.139. The fourth-order valence-electron chi connectivity index (χ4n) is 3.57. The molecule has 2 fully saturated rings. The van der Waals surface area contributed by atoms with Gasteiger partial charge in [0.05, 0.1) is 10.8 Å². The monoisotopic (exact) mass is 366 g/mol. The van der Waals surface area contributed by atoms with Crippen LogP contribution in [-0.2, 0) is 14.8 Å². The molecule has 1 aliphatic carbocycles. The number of hydrogen-bond donors (Lipinski definition) is 1. The summed E-state index contributed by atoms with van der Waals surface area (Å²) < 4.78 is 25.3. The first-order valence-corrected chi connectivity index (χ1v) is 9.66. The maximum absolute atomic E-state index is 12.6. The Morgan fingerprint density at radius 2 is 1.72 bits per heavy atom. The van der Waals surface area contributed by atoms with Gasteiger partial charge in [-0.05, 0) is 48.9 Å². The predicted octanol–water partition coefficient (Wildman–Crippen LogP) is 1.26. The van der Waals surface area contributed by atoms with Crippen molar-refractivity contribution in [1.29, 1.82) is 0 Å². The van der Waals surface area contributed by atoms with Gasteiger partial charge in [0.25, 0.3) is 5.91 Å². The number of benzene rings is 1. The molecular weight excluding hydrogens is 344 g/mol. The zero-order valence-corrected chi connectivity index (χ0v) is 15.1. The number of sulfonamides is 1. The summed E-state index contributed by atoms with van der Waals surface area (Å²) in [6, 6.07) is 5.94. The summed E-state index contributed by atoms with van der Waals surface area (Å²) in [7, 11) is -0.596. The Hall–Kier alpha value is -1.93. The number of carbonyl (C=O) groups is 2. The van der Waals surface area contributed by atoms with Crippen LogP contribution in [0.5, 0.6) is 0 Å². The molecule has 0 aromatic heterocycles. The van der Waals surface area contributed by atoms with E-state index in [0.29, 0.717) is 37.9 Å². The molecule has 8 heteroatoms. The van der Waals surface area contributed by atoms with Crippen molar-refractivity contribution in [1.82, 2.24) is 9.21 Å². The van der Waals surface area contributed by atoms with Gasteiger partial charge >= 0.3 is 5.97 Å². The Morgan fingerprint density at radius 3 is 2.16 bits per heavy atom. The van der Waals surface area contributed by atoms with E-state index >= 15 is 0 Å². The Bertz CT molecular complexity index is 793.